The molecule has 0 heterocycles. The van der Waals surface area contributed by atoms with Crippen LogP contribution in [0.3, 0.4) is 0 Å². The molecule has 4 nitrogen and oxygen atoms in total. The van der Waals surface area contributed by atoms with E-state index in [9.17, 15) is 4.79 Å². The number of nitrogen functional groups attached to an aromatic ring is 1. The van der Waals surface area contributed by atoms with E-state index in [0.717, 1.165) is 18.5 Å². The number of benzene rings is 1. The van der Waals surface area contributed by atoms with Gasteiger partial charge in [0.1, 0.15) is 0 Å². The Hall–Kier alpha value is -1.81. The number of nitrogens with two attached hydrogens (primary N) is 1. The molecule has 1 aromatic rings. The van der Waals surface area contributed by atoms with Crippen molar-refractivity contribution in [2.45, 2.75) is 19.3 Å². The van der Waals surface area contributed by atoms with Crippen LogP contribution < -0.4 is 11.1 Å². The van der Waals surface area contributed by atoms with Gasteiger partial charge in [0, 0.05) is 25.3 Å². The highest BCUT2D eigenvalue weighted by molar-refractivity contribution is 5.75. The van der Waals surface area contributed by atoms with Crippen molar-refractivity contribution in [1.29, 1.82) is 0 Å². The molecule has 4 heteroatoms. The van der Waals surface area contributed by atoms with Crippen molar-refractivity contribution < 1.29 is 9.53 Å². The normalized spacial score (nSPS) is 10.1. The number of carbonyl (C=O) groups is 1. The molecular weight excluding hydrogens is 240 g/mol. The highest BCUT2D eigenvalue weighted by atomic mass is 16.5. The van der Waals surface area contributed by atoms with Crippen molar-refractivity contribution in [2.75, 3.05) is 25.5 Å². The summed E-state index contributed by atoms with van der Waals surface area (Å²) in [5.74, 6) is 0.0673. The lowest BCUT2D eigenvalue weighted by atomic mass is 10.1. The second-order valence-electron chi connectivity index (χ2n) is 4.31. The summed E-state index contributed by atoms with van der Waals surface area (Å²) in [6.45, 7) is 5.34. The molecule has 0 spiro atoms. The minimum atomic E-state index is 0.0673. The number of hydrogen-bond donors (Lipinski definition) is 2. The van der Waals surface area contributed by atoms with Crippen LogP contribution in [0.4, 0.5) is 5.69 Å². The SMILES string of the molecule is C=CCOCCCC(=O)NCCc1ccc(N)cc1. The van der Waals surface area contributed by atoms with Crippen LogP contribution in [0.25, 0.3) is 0 Å². The number of anilines is 1. The fourth-order valence-electron chi connectivity index (χ4n) is 1.62. The average Bonchev–Trinajstić information content (AvgIpc) is 2.41. The molecule has 19 heavy (non-hydrogen) atoms. The molecule has 104 valence electrons. The van der Waals surface area contributed by atoms with Gasteiger partial charge in [0.15, 0.2) is 0 Å². The van der Waals surface area contributed by atoms with Crippen LogP contribution in [0.15, 0.2) is 36.9 Å². The van der Waals surface area contributed by atoms with E-state index in [4.69, 9.17) is 10.5 Å². The Kier molecular flexibility index (Phi) is 7.35. The smallest absolute Gasteiger partial charge is 0.220 e. The monoisotopic (exact) mass is 262 g/mol. The first kappa shape index (κ1) is 15.2. The highest BCUT2D eigenvalue weighted by Gasteiger charge is 2.00. The largest absolute Gasteiger partial charge is 0.399 e. The number of ether oxygens (including phenoxy) is 1. The van der Waals surface area contributed by atoms with Crippen LogP contribution in [0.5, 0.6) is 0 Å². The first-order chi connectivity index (χ1) is 9.22. The van der Waals surface area contributed by atoms with Crippen molar-refractivity contribution >= 4 is 11.6 Å². The molecule has 0 aliphatic rings. The summed E-state index contributed by atoms with van der Waals surface area (Å²) in [5, 5.41) is 2.89. The van der Waals surface area contributed by atoms with E-state index >= 15 is 0 Å². The van der Waals surface area contributed by atoms with Crippen LogP contribution in [-0.4, -0.2) is 25.7 Å². The molecule has 0 atom stereocenters. The fourth-order valence-corrected chi connectivity index (χ4v) is 1.62. The maximum absolute atomic E-state index is 11.5. The third kappa shape index (κ3) is 7.26. The summed E-state index contributed by atoms with van der Waals surface area (Å²) in [7, 11) is 0. The Morgan fingerprint density at radius 2 is 2.11 bits per heavy atom. The second kappa shape index (κ2) is 9.16. The van der Waals surface area contributed by atoms with Gasteiger partial charge in [-0.2, -0.15) is 0 Å². The van der Waals surface area contributed by atoms with Gasteiger partial charge in [-0.05, 0) is 30.5 Å². The molecule has 0 saturated heterocycles. The summed E-state index contributed by atoms with van der Waals surface area (Å²) in [4.78, 5) is 11.5. The third-order valence-corrected chi connectivity index (χ3v) is 2.64. The summed E-state index contributed by atoms with van der Waals surface area (Å²) < 4.78 is 5.21. The zero-order valence-corrected chi connectivity index (χ0v) is 11.2. The Bertz CT molecular complexity index is 388. The summed E-state index contributed by atoms with van der Waals surface area (Å²) in [6, 6.07) is 7.69. The van der Waals surface area contributed by atoms with E-state index in [2.05, 4.69) is 11.9 Å². The summed E-state index contributed by atoms with van der Waals surface area (Å²) in [5.41, 5.74) is 7.53. The summed E-state index contributed by atoms with van der Waals surface area (Å²) >= 11 is 0. The van der Waals surface area contributed by atoms with E-state index in [1.807, 2.05) is 24.3 Å². The predicted octanol–water partition coefficient (Wildman–Crippen LogP) is 1.91. The van der Waals surface area contributed by atoms with Gasteiger partial charge in [-0.3, -0.25) is 4.79 Å². The molecule has 1 amide bonds. The molecule has 1 aromatic carbocycles. The molecule has 0 aromatic heterocycles. The zero-order chi connectivity index (χ0) is 13.9. The summed E-state index contributed by atoms with van der Waals surface area (Å²) in [6.07, 6.45) is 3.76. The lowest BCUT2D eigenvalue weighted by Crippen LogP contribution is -2.25. The minimum Gasteiger partial charge on any atom is -0.399 e. The van der Waals surface area contributed by atoms with E-state index in [0.29, 0.717) is 26.2 Å². The molecule has 3 N–H and O–H groups in total. The van der Waals surface area contributed by atoms with Gasteiger partial charge in [0.2, 0.25) is 5.91 Å². The van der Waals surface area contributed by atoms with Gasteiger partial charge < -0.3 is 15.8 Å². The number of carbonyl (C=O) groups excluding carboxylic acids is 1. The van der Waals surface area contributed by atoms with Crippen molar-refractivity contribution in [2.24, 2.45) is 0 Å². The topological polar surface area (TPSA) is 64.3 Å². The van der Waals surface area contributed by atoms with Crippen LogP contribution in [0.1, 0.15) is 18.4 Å². The van der Waals surface area contributed by atoms with Crippen LogP contribution in [0.2, 0.25) is 0 Å². The molecule has 0 radical (unpaired) electrons. The quantitative estimate of drug-likeness (QED) is 0.406. The van der Waals surface area contributed by atoms with Gasteiger partial charge in [-0.25, -0.2) is 0 Å². The Morgan fingerprint density at radius 1 is 1.37 bits per heavy atom. The maximum atomic E-state index is 11.5. The standard InChI is InChI=1S/C15H22N2O2/c1-2-11-19-12-3-4-15(18)17-10-9-13-5-7-14(16)8-6-13/h2,5-8H,1,3-4,9-12,16H2,(H,17,18). The molecule has 0 unspecified atom stereocenters. The van der Waals surface area contributed by atoms with Crippen molar-refractivity contribution in [3.63, 3.8) is 0 Å². The molecule has 0 saturated carbocycles. The lowest BCUT2D eigenvalue weighted by Gasteiger charge is -2.06. The van der Waals surface area contributed by atoms with Crippen LogP contribution in [-0.2, 0) is 16.0 Å². The number of rotatable bonds is 9. The number of hydrogen-bond acceptors (Lipinski definition) is 3. The molecule has 0 bridgehead atoms. The zero-order valence-electron chi connectivity index (χ0n) is 11.2. The maximum Gasteiger partial charge on any atom is 0.220 e. The van der Waals surface area contributed by atoms with E-state index in [-0.39, 0.29) is 5.91 Å². The van der Waals surface area contributed by atoms with Crippen LogP contribution in [0, 0.1) is 0 Å². The van der Waals surface area contributed by atoms with Crippen molar-refractivity contribution in [3.05, 3.63) is 42.5 Å². The van der Waals surface area contributed by atoms with Gasteiger partial charge in [-0.1, -0.05) is 18.2 Å². The van der Waals surface area contributed by atoms with Crippen molar-refractivity contribution in [1.82, 2.24) is 5.32 Å². The number of amides is 1. The first-order valence-corrected chi connectivity index (χ1v) is 6.52. The molecule has 1 rings (SSSR count). The third-order valence-electron chi connectivity index (χ3n) is 2.64. The van der Waals surface area contributed by atoms with E-state index < -0.39 is 0 Å². The number of nitrogens with one attached hydrogen (secondary N) is 1. The Morgan fingerprint density at radius 3 is 2.79 bits per heavy atom. The first-order valence-electron chi connectivity index (χ1n) is 6.52. The molecular formula is C15H22N2O2. The second-order valence-corrected chi connectivity index (χ2v) is 4.31. The predicted molar refractivity (Wildman–Crippen MR) is 77.8 cm³/mol. The van der Waals surface area contributed by atoms with Gasteiger partial charge in [0.25, 0.3) is 0 Å². The highest BCUT2D eigenvalue weighted by Crippen LogP contribution is 2.05. The molecule has 0 aliphatic carbocycles. The molecule has 0 fully saturated rings. The average molecular weight is 262 g/mol. The van der Waals surface area contributed by atoms with Gasteiger partial charge >= 0.3 is 0 Å². The van der Waals surface area contributed by atoms with Crippen molar-refractivity contribution in [3.8, 4) is 0 Å². The Balaban J connectivity index is 2.06. The minimum absolute atomic E-state index is 0.0673. The molecule has 0 aliphatic heterocycles. The van der Waals surface area contributed by atoms with E-state index in [1.165, 1.54) is 5.56 Å². The Labute approximate surface area is 114 Å². The van der Waals surface area contributed by atoms with E-state index in [1.54, 1.807) is 6.08 Å². The van der Waals surface area contributed by atoms with Crippen LogP contribution >= 0.6 is 0 Å². The fraction of sp³-hybridized carbons (Fsp3) is 0.400. The van der Waals surface area contributed by atoms with Gasteiger partial charge in [-0.15, -0.1) is 6.58 Å². The lowest BCUT2D eigenvalue weighted by molar-refractivity contribution is -0.121. The van der Waals surface area contributed by atoms with Gasteiger partial charge in [0.05, 0.1) is 6.61 Å².